The third kappa shape index (κ3) is 2.21. The average molecular weight is 259 g/mol. The molecule has 0 aromatic heterocycles. The first-order chi connectivity index (χ1) is 8.92. The van der Waals surface area contributed by atoms with Crippen LogP contribution in [0.3, 0.4) is 0 Å². The molecule has 1 heterocycles. The molecule has 2 aliphatic carbocycles. The second-order valence-corrected chi connectivity index (χ2v) is 7.22. The molecule has 0 amide bonds. The summed E-state index contributed by atoms with van der Waals surface area (Å²) in [6.45, 7) is 1.20. The standard InChI is InChI=1S/C16H21NS/c1-2-4-15-14(3-1)13(10-18-15)9-17-16(11-5-6-11)12-7-8-12/h1-4,11-13,16-17H,5-10H2. The average Bonchev–Trinajstić information content (AvgIpc) is 3.29. The molecule has 96 valence electrons. The first-order valence-electron chi connectivity index (χ1n) is 7.37. The van der Waals surface area contributed by atoms with Gasteiger partial charge in [0.05, 0.1) is 0 Å². The van der Waals surface area contributed by atoms with Crippen LogP contribution < -0.4 is 5.32 Å². The van der Waals surface area contributed by atoms with E-state index in [1.54, 1.807) is 5.56 Å². The van der Waals surface area contributed by atoms with E-state index in [0.29, 0.717) is 0 Å². The number of fused-ring (bicyclic) bond motifs is 1. The fourth-order valence-electron chi connectivity index (χ4n) is 3.31. The van der Waals surface area contributed by atoms with Crippen molar-refractivity contribution in [1.82, 2.24) is 5.32 Å². The Morgan fingerprint density at radius 2 is 1.83 bits per heavy atom. The maximum Gasteiger partial charge on any atom is 0.0124 e. The number of hydrogen-bond acceptors (Lipinski definition) is 2. The van der Waals surface area contributed by atoms with Crippen LogP contribution in [0.15, 0.2) is 29.2 Å². The lowest BCUT2D eigenvalue weighted by Crippen LogP contribution is -2.36. The topological polar surface area (TPSA) is 12.0 Å². The summed E-state index contributed by atoms with van der Waals surface area (Å²) in [5.41, 5.74) is 1.58. The van der Waals surface area contributed by atoms with Crippen LogP contribution in [0.4, 0.5) is 0 Å². The molecule has 2 saturated carbocycles. The van der Waals surface area contributed by atoms with Gasteiger partial charge in [0, 0.05) is 29.2 Å². The van der Waals surface area contributed by atoms with Crippen LogP contribution in [0.1, 0.15) is 37.2 Å². The van der Waals surface area contributed by atoms with E-state index in [-0.39, 0.29) is 0 Å². The number of benzene rings is 1. The van der Waals surface area contributed by atoms with Gasteiger partial charge in [0.1, 0.15) is 0 Å². The van der Waals surface area contributed by atoms with Gasteiger partial charge in [-0.05, 0) is 49.1 Å². The molecule has 4 rings (SSSR count). The highest BCUT2D eigenvalue weighted by atomic mass is 32.2. The molecule has 1 nitrogen and oxygen atoms in total. The minimum atomic E-state index is 0.742. The summed E-state index contributed by atoms with van der Waals surface area (Å²) in [6, 6.07) is 9.81. The molecule has 0 saturated heterocycles. The van der Waals surface area contributed by atoms with E-state index in [1.165, 1.54) is 42.9 Å². The smallest absolute Gasteiger partial charge is 0.0124 e. The summed E-state index contributed by atoms with van der Waals surface area (Å²) in [4.78, 5) is 1.51. The second kappa shape index (κ2) is 4.57. The highest BCUT2D eigenvalue weighted by Gasteiger charge is 2.41. The normalized spacial score (nSPS) is 26.6. The molecule has 0 radical (unpaired) electrons. The number of hydrogen-bond donors (Lipinski definition) is 1. The maximum atomic E-state index is 3.91. The van der Waals surface area contributed by atoms with Crippen molar-refractivity contribution in [2.75, 3.05) is 12.3 Å². The van der Waals surface area contributed by atoms with Gasteiger partial charge in [0.25, 0.3) is 0 Å². The van der Waals surface area contributed by atoms with Gasteiger partial charge in [-0.1, -0.05) is 18.2 Å². The molecule has 1 aromatic rings. The van der Waals surface area contributed by atoms with Crippen molar-refractivity contribution in [2.45, 2.75) is 42.5 Å². The van der Waals surface area contributed by atoms with Crippen molar-refractivity contribution < 1.29 is 0 Å². The minimum Gasteiger partial charge on any atom is -0.313 e. The molecule has 1 aliphatic heterocycles. The van der Waals surface area contributed by atoms with E-state index in [2.05, 4.69) is 29.6 Å². The summed E-state index contributed by atoms with van der Waals surface area (Å²) in [5.74, 6) is 4.05. The summed E-state index contributed by atoms with van der Waals surface area (Å²) in [6.07, 6.45) is 5.91. The Morgan fingerprint density at radius 3 is 2.56 bits per heavy atom. The first-order valence-corrected chi connectivity index (χ1v) is 8.35. The fraction of sp³-hybridized carbons (Fsp3) is 0.625. The SMILES string of the molecule is c1ccc2c(c1)SCC2CNC(C1CC1)C1CC1. The van der Waals surface area contributed by atoms with Crippen molar-refractivity contribution in [3.05, 3.63) is 29.8 Å². The fourth-order valence-corrected chi connectivity index (χ4v) is 4.56. The Kier molecular flexibility index (Phi) is 2.89. The third-order valence-electron chi connectivity index (χ3n) is 4.66. The van der Waals surface area contributed by atoms with Crippen LogP contribution in [-0.4, -0.2) is 18.3 Å². The number of nitrogens with one attached hydrogen (secondary N) is 1. The molecule has 0 bridgehead atoms. The van der Waals surface area contributed by atoms with Crippen molar-refractivity contribution >= 4 is 11.8 Å². The lowest BCUT2D eigenvalue weighted by Gasteiger charge is -2.20. The summed E-state index contributed by atoms with van der Waals surface area (Å²) in [7, 11) is 0. The zero-order valence-corrected chi connectivity index (χ0v) is 11.6. The van der Waals surface area contributed by atoms with Gasteiger partial charge in [-0.15, -0.1) is 11.8 Å². The predicted octanol–water partition coefficient (Wildman–Crippen LogP) is 3.65. The van der Waals surface area contributed by atoms with Gasteiger partial charge in [0.15, 0.2) is 0 Å². The van der Waals surface area contributed by atoms with Crippen LogP contribution >= 0.6 is 11.8 Å². The van der Waals surface area contributed by atoms with E-state index in [9.17, 15) is 0 Å². The van der Waals surface area contributed by atoms with Crippen LogP contribution in [0, 0.1) is 11.8 Å². The lowest BCUT2D eigenvalue weighted by atomic mass is 10.00. The predicted molar refractivity (Wildman–Crippen MR) is 77.1 cm³/mol. The zero-order chi connectivity index (χ0) is 11.9. The Morgan fingerprint density at radius 1 is 1.11 bits per heavy atom. The number of thioether (sulfide) groups is 1. The van der Waals surface area contributed by atoms with Gasteiger partial charge in [-0.3, -0.25) is 0 Å². The molecule has 1 aromatic carbocycles. The van der Waals surface area contributed by atoms with Crippen molar-refractivity contribution in [3.8, 4) is 0 Å². The van der Waals surface area contributed by atoms with Gasteiger partial charge < -0.3 is 5.32 Å². The molecule has 2 fully saturated rings. The maximum absolute atomic E-state index is 3.91. The van der Waals surface area contributed by atoms with Crippen molar-refractivity contribution in [1.29, 1.82) is 0 Å². The quantitative estimate of drug-likeness (QED) is 0.866. The number of rotatable bonds is 5. The molecule has 2 heteroatoms. The highest BCUT2D eigenvalue weighted by molar-refractivity contribution is 7.99. The van der Waals surface area contributed by atoms with Crippen LogP contribution in [0.25, 0.3) is 0 Å². The summed E-state index contributed by atoms with van der Waals surface area (Å²) >= 11 is 2.04. The van der Waals surface area contributed by atoms with Crippen LogP contribution in [0.5, 0.6) is 0 Å². The lowest BCUT2D eigenvalue weighted by molar-refractivity contribution is 0.408. The van der Waals surface area contributed by atoms with E-state index < -0.39 is 0 Å². The molecule has 18 heavy (non-hydrogen) atoms. The molecule has 1 N–H and O–H groups in total. The summed E-state index contributed by atoms with van der Waals surface area (Å²) in [5, 5.41) is 3.91. The second-order valence-electron chi connectivity index (χ2n) is 6.15. The van der Waals surface area contributed by atoms with Crippen LogP contribution in [-0.2, 0) is 0 Å². The first kappa shape index (κ1) is 11.4. The van der Waals surface area contributed by atoms with E-state index in [0.717, 1.165) is 23.8 Å². The Labute approximate surface area is 114 Å². The zero-order valence-electron chi connectivity index (χ0n) is 10.8. The van der Waals surface area contributed by atoms with Gasteiger partial charge in [-0.2, -0.15) is 0 Å². The Bertz CT molecular complexity index is 424. The highest BCUT2D eigenvalue weighted by Crippen LogP contribution is 2.45. The van der Waals surface area contributed by atoms with Gasteiger partial charge >= 0.3 is 0 Å². The van der Waals surface area contributed by atoms with Crippen molar-refractivity contribution in [3.63, 3.8) is 0 Å². The largest absolute Gasteiger partial charge is 0.313 e. The summed E-state index contributed by atoms with van der Waals surface area (Å²) < 4.78 is 0. The van der Waals surface area contributed by atoms with Gasteiger partial charge in [-0.25, -0.2) is 0 Å². The minimum absolute atomic E-state index is 0.742. The van der Waals surface area contributed by atoms with E-state index >= 15 is 0 Å². The molecule has 3 aliphatic rings. The van der Waals surface area contributed by atoms with Crippen LogP contribution in [0.2, 0.25) is 0 Å². The molecular weight excluding hydrogens is 238 g/mol. The molecule has 1 atom stereocenters. The van der Waals surface area contributed by atoms with E-state index in [1.807, 2.05) is 11.8 Å². The monoisotopic (exact) mass is 259 g/mol. The Hall–Kier alpha value is -0.470. The molecule has 1 unspecified atom stereocenters. The van der Waals surface area contributed by atoms with Gasteiger partial charge in [0.2, 0.25) is 0 Å². The third-order valence-corrected chi connectivity index (χ3v) is 5.91. The molecular formula is C16H21NS. The van der Waals surface area contributed by atoms with Crippen molar-refractivity contribution in [2.24, 2.45) is 11.8 Å². The van der Waals surface area contributed by atoms with E-state index in [4.69, 9.17) is 0 Å². The Balaban J connectivity index is 1.40. The molecule has 0 spiro atoms.